The van der Waals surface area contributed by atoms with Gasteiger partial charge in [0, 0.05) is 6.54 Å². The van der Waals surface area contributed by atoms with Gasteiger partial charge in [0.05, 0.1) is 6.04 Å². The van der Waals surface area contributed by atoms with Gasteiger partial charge >= 0.3 is 5.97 Å². The van der Waals surface area contributed by atoms with Gasteiger partial charge < -0.3 is 14.8 Å². The average Bonchev–Trinajstić information content (AvgIpc) is 2.96. The van der Waals surface area contributed by atoms with Gasteiger partial charge in [-0.25, -0.2) is 4.79 Å². The summed E-state index contributed by atoms with van der Waals surface area (Å²) in [7, 11) is 0. The molecular weight excluding hydrogens is 238 g/mol. The monoisotopic (exact) mass is 251 g/mol. The molecule has 2 N–H and O–H groups in total. The van der Waals surface area contributed by atoms with E-state index in [1.807, 2.05) is 12.3 Å². The van der Waals surface area contributed by atoms with Gasteiger partial charge in [-0.05, 0) is 41.4 Å². The normalized spacial score (nSPS) is 12.5. The summed E-state index contributed by atoms with van der Waals surface area (Å²) in [5.41, 5.74) is 1.21. The highest BCUT2D eigenvalue weighted by molar-refractivity contribution is 7.07. The number of hydrogen-bond donors (Lipinski definition) is 2. The fourth-order valence-corrected chi connectivity index (χ4v) is 2.13. The average molecular weight is 251 g/mol. The fourth-order valence-electron chi connectivity index (χ4n) is 1.47. The minimum atomic E-state index is -1.04. The van der Waals surface area contributed by atoms with Crippen LogP contribution >= 0.6 is 11.3 Å². The SMILES string of the molecule is CC(NCc1ccsc1)c1ccc(C(=O)O)o1. The highest BCUT2D eigenvalue weighted by Crippen LogP contribution is 2.17. The molecule has 2 heterocycles. The first-order valence-electron chi connectivity index (χ1n) is 5.24. The Bertz CT molecular complexity index is 490. The first-order valence-corrected chi connectivity index (χ1v) is 6.18. The zero-order valence-corrected chi connectivity index (χ0v) is 10.2. The quantitative estimate of drug-likeness (QED) is 0.857. The first-order chi connectivity index (χ1) is 8.16. The molecule has 0 fully saturated rings. The van der Waals surface area contributed by atoms with Crippen molar-refractivity contribution < 1.29 is 14.3 Å². The van der Waals surface area contributed by atoms with Crippen LogP contribution in [0.5, 0.6) is 0 Å². The molecule has 4 nitrogen and oxygen atoms in total. The predicted molar refractivity (Wildman–Crippen MR) is 65.2 cm³/mol. The summed E-state index contributed by atoms with van der Waals surface area (Å²) in [6.45, 7) is 2.69. The van der Waals surface area contributed by atoms with Gasteiger partial charge in [0.25, 0.3) is 0 Å². The summed E-state index contributed by atoms with van der Waals surface area (Å²) in [4.78, 5) is 10.7. The highest BCUT2D eigenvalue weighted by atomic mass is 32.1. The molecule has 0 spiro atoms. The van der Waals surface area contributed by atoms with Crippen molar-refractivity contribution in [2.45, 2.75) is 19.5 Å². The van der Waals surface area contributed by atoms with Crippen LogP contribution in [-0.4, -0.2) is 11.1 Å². The van der Waals surface area contributed by atoms with E-state index in [0.717, 1.165) is 6.54 Å². The van der Waals surface area contributed by atoms with E-state index < -0.39 is 5.97 Å². The van der Waals surface area contributed by atoms with Gasteiger partial charge in [-0.3, -0.25) is 0 Å². The number of nitrogens with one attached hydrogen (secondary N) is 1. The molecule has 2 aromatic rings. The number of carboxylic acids is 1. The van der Waals surface area contributed by atoms with Gasteiger partial charge in [-0.2, -0.15) is 11.3 Å². The Morgan fingerprint density at radius 2 is 2.35 bits per heavy atom. The summed E-state index contributed by atoms with van der Waals surface area (Å²) in [6.07, 6.45) is 0. The van der Waals surface area contributed by atoms with Crippen LogP contribution in [0, 0.1) is 0 Å². The first kappa shape index (κ1) is 11.9. The Morgan fingerprint density at radius 3 is 2.94 bits per heavy atom. The Kier molecular flexibility index (Phi) is 3.61. The molecule has 0 aliphatic carbocycles. The van der Waals surface area contributed by atoms with E-state index in [0.29, 0.717) is 5.76 Å². The molecule has 90 valence electrons. The van der Waals surface area contributed by atoms with Crippen molar-refractivity contribution in [3.63, 3.8) is 0 Å². The van der Waals surface area contributed by atoms with E-state index in [4.69, 9.17) is 9.52 Å². The van der Waals surface area contributed by atoms with Crippen LogP contribution in [0.25, 0.3) is 0 Å². The number of rotatable bonds is 5. The van der Waals surface area contributed by atoms with Crippen LogP contribution in [0.15, 0.2) is 33.4 Å². The van der Waals surface area contributed by atoms with Crippen molar-refractivity contribution in [2.24, 2.45) is 0 Å². The molecule has 0 saturated heterocycles. The second-order valence-corrected chi connectivity index (χ2v) is 4.52. The summed E-state index contributed by atoms with van der Waals surface area (Å²) in [5, 5.41) is 16.1. The summed E-state index contributed by atoms with van der Waals surface area (Å²) >= 11 is 1.65. The lowest BCUT2D eigenvalue weighted by Gasteiger charge is -2.10. The van der Waals surface area contributed by atoms with Crippen molar-refractivity contribution in [3.8, 4) is 0 Å². The third-order valence-electron chi connectivity index (χ3n) is 2.46. The van der Waals surface area contributed by atoms with Crippen molar-refractivity contribution in [1.82, 2.24) is 5.32 Å². The van der Waals surface area contributed by atoms with Gasteiger partial charge in [0.15, 0.2) is 0 Å². The van der Waals surface area contributed by atoms with E-state index in [9.17, 15) is 4.79 Å². The maximum atomic E-state index is 10.7. The third kappa shape index (κ3) is 2.95. The molecule has 2 rings (SSSR count). The highest BCUT2D eigenvalue weighted by Gasteiger charge is 2.13. The van der Waals surface area contributed by atoms with Crippen molar-refractivity contribution in [1.29, 1.82) is 0 Å². The molecule has 1 atom stereocenters. The summed E-state index contributed by atoms with van der Waals surface area (Å²) < 4.78 is 5.22. The lowest BCUT2D eigenvalue weighted by atomic mass is 10.2. The summed E-state index contributed by atoms with van der Waals surface area (Å²) in [6, 6.07) is 5.20. The Morgan fingerprint density at radius 1 is 1.53 bits per heavy atom. The Balaban J connectivity index is 1.94. The lowest BCUT2D eigenvalue weighted by Crippen LogP contribution is -2.17. The van der Waals surface area contributed by atoms with E-state index in [1.54, 1.807) is 17.4 Å². The summed E-state index contributed by atoms with van der Waals surface area (Å²) in [5.74, 6) is -0.428. The van der Waals surface area contributed by atoms with Crippen LogP contribution < -0.4 is 5.32 Å². The van der Waals surface area contributed by atoms with Gasteiger partial charge in [0.1, 0.15) is 5.76 Å². The van der Waals surface area contributed by atoms with Crippen LogP contribution in [0.3, 0.4) is 0 Å². The molecule has 0 saturated carbocycles. The zero-order chi connectivity index (χ0) is 12.3. The van der Waals surface area contributed by atoms with Crippen LogP contribution in [0.4, 0.5) is 0 Å². The molecule has 0 radical (unpaired) electrons. The second-order valence-electron chi connectivity index (χ2n) is 3.74. The van der Waals surface area contributed by atoms with Crippen molar-refractivity contribution >= 4 is 17.3 Å². The number of carboxylic acid groups (broad SMARTS) is 1. The van der Waals surface area contributed by atoms with Gasteiger partial charge in [-0.1, -0.05) is 0 Å². The van der Waals surface area contributed by atoms with Gasteiger partial charge in [0.2, 0.25) is 5.76 Å². The van der Waals surface area contributed by atoms with E-state index in [2.05, 4.69) is 16.8 Å². The van der Waals surface area contributed by atoms with Crippen LogP contribution in [0.2, 0.25) is 0 Å². The molecule has 1 unspecified atom stereocenters. The number of hydrogen-bond acceptors (Lipinski definition) is 4. The van der Waals surface area contributed by atoms with Crippen molar-refractivity contribution in [3.05, 3.63) is 46.0 Å². The topological polar surface area (TPSA) is 62.5 Å². The molecule has 0 aliphatic heterocycles. The molecule has 2 aromatic heterocycles. The lowest BCUT2D eigenvalue weighted by molar-refractivity contribution is 0.0659. The van der Waals surface area contributed by atoms with E-state index >= 15 is 0 Å². The molecule has 0 aliphatic rings. The number of aromatic carboxylic acids is 1. The predicted octanol–water partition coefficient (Wildman–Crippen LogP) is 2.89. The van der Waals surface area contributed by atoms with E-state index in [1.165, 1.54) is 11.6 Å². The maximum Gasteiger partial charge on any atom is 0.371 e. The molecule has 17 heavy (non-hydrogen) atoms. The smallest absolute Gasteiger partial charge is 0.371 e. The maximum absolute atomic E-state index is 10.7. The number of furan rings is 1. The molecule has 0 amide bonds. The van der Waals surface area contributed by atoms with E-state index in [-0.39, 0.29) is 11.8 Å². The standard InChI is InChI=1S/C12H13NO3S/c1-8(13-6-9-4-5-17-7-9)10-2-3-11(16-10)12(14)15/h2-5,7-8,13H,6H2,1H3,(H,14,15). The number of carbonyl (C=O) groups is 1. The van der Waals surface area contributed by atoms with Gasteiger partial charge in [-0.15, -0.1) is 0 Å². The van der Waals surface area contributed by atoms with Crippen molar-refractivity contribution in [2.75, 3.05) is 0 Å². The molecule has 0 aromatic carbocycles. The minimum Gasteiger partial charge on any atom is -0.475 e. The second kappa shape index (κ2) is 5.16. The minimum absolute atomic E-state index is 0.0111. The molecule has 0 bridgehead atoms. The third-order valence-corrected chi connectivity index (χ3v) is 3.19. The van der Waals surface area contributed by atoms with Crippen LogP contribution in [-0.2, 0) is 6.54 Å². The number of thiophene rings is 1. The molecule has 5 heteroatoms. The largest absolute Gasteiger partial charge is 0.475 e. The fraction of sp³-hybridized carbons (Fsp3) is 0.250. The molecular formula is C12H13NO3S. The Labute approximate surface area is 103 Å². The van der Waals surface area contributed by atoms with Crippen LogP contribution in [0.1, 0.15) is 34.8 Å². The Hall–Kier alpha value is -1.59. The zero-order valence-electron chi connectivity index (χ0n) is 9.34.